The van der Waals surface area contributed by atoms with Crippen LogP contribution in [0, 0.1) is 0 Å². The molecule has 0 spiro atoms. The molecule has 4 nitrogen and oxygen atoms in total. The fraction of sp³-hybridized carbons (Fsp3) is 1.00. The summed E-state index contributed by atoms with van der Waals surface area (Å²) in [6.45, 7) is 1.71. The minimum Gasteiger partial charge on any atom is -0.393 e. The summed E-state index contributed by atoms with van der Waals surface area (Å²) >= 11 is 0. The van der Waals surface area contributed by atoms with Gasteiger partial charge in [0, 0.05) is 6.61 Å². The summed E-state index contributed by atoms with van der Waals surface area (Å²) in [6.07, 6.45) is 6.29. The summed E-state index contributed by atoms with van der Waals surface area (Å²) in [4.78, 5) is 0. The number of azo groups is 1. The Balaban J connectivity index is 1.57. The third-order valence-electron chi connectivity index (χ3n) is 3.26. The Bertz CT molecular complexity index is 209. The zero-order chi connectivity index (χ0) is 10.5. The van der Waals surface area contributed by atoms with Gasteiger partial charge < -0.3 is 9.84 Å². The minimum atomic E-state index is -0.0974. The van der Waals surface area contributed by atoms with E-state index in [1.807, 2.05) is 0 Å². The van der Waals surface area contributed by atoms with E-state index in [0.717, 1.165) is 45.3 Å². The molecule has 1 saturated heterocycles. The van der Waals surface area contributed by atoms with E-state index >= 15 is 0 Å². The molecule has 0 bridgehead atoms. The van der Waals surface area contributed by atoms with E-state index in [1.54, 1.807) is 0 Å². The summed E-state index contributed by atoms with van der Waals surface area (Å²) in [5, 5.41) is 17.8. The first-order chi connectivity index (χ1) is 7.34. The van der Waals surface area contributed by atoms with Crippen molar-refractivity contribution in [3.63, 3.8) is 0 Å². The third kappa shape index (κ3) is 3.54. The number of aliphatic hydroxyl groups is 1. The summed E-state index contributed by atoms with van der Waals surface area (Å²) in [5.41, 5.74) is 0. The molecule has 1 unspecified atom stereocenters. The molecule has 1 N–H and O–H groups in total. The normalized spacial score (nSPS) is 36.7. The minimum absolute atomic E-state index is 0.0974. The summed E-state index contributed by atoms with van der Waals surface area (Å²) < 4.78 is 5.30. The zero-order valence-electron chi connectivity index (χ0n) is 9.14. The van der Waals surface area contributed by atoms with Crippen LogP contribution in [0.3, 0.4) is 0 Å². The smallest absolute Gasteiger partial charge is 0.0710 e. The van der Waals surface area contributed by atoms with Crippen molar-refractivity contribution in [1.29, 1.82) is 0 Å². The van der Waals surface area contributed by atoms with Crippen molar-refractivity contribution < 1.29 is 9.84 Å². The molecule has 2 aliphatic rings. The van der Waals surface area contributed by atoms with Crippen molar-refractivity contribution in [2.45, 2.75) is 56.8 Å². The van der Waals surface area contributed by atoms with Crippen molar-refractivity contribution >= 4 is 0 Å². The number of rotatable bonds is 4. The fourth-order valence-corrected chi connectivity index (χ4v) is 2.06. The zero-order valence-corrected chi connectivity index (χ0v) is 9.14. The van der Waals surface area contributed by atoms with Crippen molar-refractivity contribution in [3.05, 3.63) is 0 Å². The lowest BCUT2D eigenvalue weighted by Gasteiger charge is -2.25. The molecule has 0 amide bonds. The Hall–Kier alpha value is -0.480. The molecule has 0 aromatic carbocycles. The second-order valence-electron chi connectivity index (χ2n) is 4.51. The van der Waals surface area contributed by atoms with Gasteiger partial charge in [-0.2, -0.15) is 10.2 Å². The van der Waals surface area contributed by atoms with Crippen LogP contribution in [0.1, 0.15) is 38.5 Å². The van der Waals surface area contributed by atoms with Crippen molar-refractivity contribution in [1.82, 2.24) is 0 Å². The van der Waals surface area contributed by atoms with Crippen LogP contribution in [0.5, 0.6) is 0 Å². The van der Waals surface area contributed by atoms with Crippen LogP contribution in [0.25, 0.3) is 0 Å². The monoisotopic (exact) mass is 212 g/mol. The topological polar surface area (TPSA) is 54.2 Å². The van der Waals surface area contributed by atoms with Crippen LogP contribution in [0.4, 0.5) is 0 Å². The van der Waals surface area contributed by atoms with E-state index in [0.29, 0.717) is 12.1 Å². The SMILES string of the molecule is OC1CCC(N=NCCC2CCO2)CC1. The maximum atomic E-state index is 9.32. The number of hydrogen-bond donors (Lipinski definition) is 1. The average molecular weight is 212 g/mol. The van der Waals surface area contributed by atoms with E-state index in [-0.39, 0.29) is 6.10 Å². The number of aliphatic hydroxyl groups excluding tert-OH is 1. The van der Waals surface area contributed by atoms with Gasteiger partial charge in [-0.3, -0.25) is 0 Å². The van der Waals surface area contributed by atoms with Crippen molar-refractivity contribution in [2.75, 3.05) is 13.2 Å². The molecule has 15 heavy (non-hydrogen) atoms. The first-order valence-corrected chi connectivity index (χ1v) is 6.01. The van der Waals surface area contributed by atoms with Gasteiger partial charge in [0.05, 0.1) is 24.8 Å². The molecule has 0 aromatic heterocycles. The summed E-state index contributed by atoms with van der Waals surface area (Å²) in [7, 11) is 0. The maximum absolute atomic E-state index is 9.32. The van der Waals surface area contributed by atoms with Crippen LogP contribution in [0.15, 0.2) is 10.2 Å². The molecule has 1 aliphatic heterocycles. The highest BCUT2D eigenvalue weighted by Crippen LogP contribution is 2.21. The fourth-order valence-electron chi connectivity index (χ4n) is 2.06. The largest absolute Gasteiger partial charge is 0.393 e. The highest BCUT2D eigenvalue weighted by atomic mass is 16.5. The number of nitrogens with zero attached hydrogens (tertiary/aromatic N) is 2. The second kappa shape index (κ2) is 5.56. The molecule has 1 heterocycles. The summed E-state index contributed by atoms with van der Waals surface area (Å²) in [6, 6.07) is 0.357. The van der Waals surface area contributed by atoms with E-state index in [4.69, 9.17) is 4.74 Å². The third-order valence-corrected chi connectivity index (χ3v) is 3.26. The van der Waals surface area contributed by atoms with Crippen LogP contribution < -0.4 is 0 Å². The van der Waals surface area contributed by atoms with Gasteiger partial charge in [-0.25, -0.2) is 0 Å². The second-order valence-corrected chi connectivity index (χ2v) is 4.51. The molecule has 1 aliphatic carbocycles. The molecular weight excluding hydrogens is 192 g/mol. The van der Waals surface area contributed by atoms with Gasteiger partial charge in [0.2, 0.25) is 0 Å². The Morgan fingerprint density at radius 3 is 2.47 bits per heavy atom. The van der Waals surface area contributed by atoms with Gasteiger partial charge in [-0.15, -0.1) is 0 Å². The van der Waals surface area contributed by atoms with Gasteiger partial charge in [0.1, 0.15) is 0 Å². The highest BCUT2D eigenvalue weighted by Gasteiger charge is 2.19. The molecule has 2 fully saturated rings. The average Bonchev–Trinajstić information content (AvgIpc) is 2.18. The molecule has 86 valence electrons. The molecule has 4 heteroatoms. The Morgan fingerprint density at radius 2 is 1.87 bits per heavy atom. The van der Waals surface area contributed by atoms with Gasteiger partial charge in [-0.1, -0.05) is 0 Å². The van der Waals surface area contributed by atoms with Crippen LogP contribution >= 0.6 is 0 Å². The van der Waals surface area contributed by atoms with Crippen molar-refractivity contribution in [3.8, 4) is 0 Å². The van der Waals surface area contributed by atoms with E-state index < -0.39 is 0 Å². The molecule has 0 aromatic rings. The van der Waals surface area contributed by atoms with E-state index in [2.05, 4.69) is 10.2 Å². The Morgan fingerprint density at radius 1 is 1.13 bits per heavy atom. The maximum Gasteiger partial charge on any atom is 0.0710 e. The van der Waals surface area contributed by atoms with Crippen molar-refractivity contribution in [2.24, 2.45) is 10.2 Å². The number of ether oxygens (including phenoxy) is 1. The predicted octanol–water partition coefficient (Wildman–Crippen LogP) is 1.92. The highest BCUT2D eigenvalue weighted by molar-refractivity contribution is 4.75. The van der Waals surface area contributed by atoms with Crippen LogP contribution in [-0.2, 0) is 4.74 Å². The lowest BCUT2D eigenvalue weighted by molar-refractivity contribution is -0.0530. The van der Waals surface area contributed by atoms with Gasteiger partial charge >= 0.3 is 0 Å². The summed E-state index contributed by atoms with van der Waals surface area (Å²) in [5.74, 6) is 0. The quantitative estimate of drug-likeness (QED) is 0.724. The first kappa shape index (κ1) is 11.0. The number of hydrogen-bond acceptors (Lipinski definition) is 4. The molecule has 2 rings (SSSR count). The van der Waals surface area contributed by atoms with Gasteiger partial charge in [0.25, 0.3) is 0 Å². The van der Waals surface area contributed by atoms with E-state index in [1.165, 1.54) is 6.42 Å². The molecular formula is C11H20N2O2. The molecule has 1 atom stereocenters. The Kier molecular flexibility index (Phi) is 4.09. The van der Waals surface area contributed by atoms with Gasteiger partial charge in [-0.05, 0) is 38.5 Å². The van der Waals surface area contributed by atoms with E-state index in [9.17, 15) is 5.11 Å². The van der Waals surface area contributed by atoms with Crippen LogP contribution in [-0.4, -0.2) is 36.5 Å². The first-order valence-electron chi connectivity index (χ1n) is 6.01. The molecule has 0 radical (unpaired) electrons. The lowest BCUT2D eigenvalue weighted by Crippen LogP contribution is -2.27. The van der Waals surface area contributed by atoms with Crippen LogP contribution in [0.2, 0.25) is 0 Å². The predicted molar refractivity (Wildman–Crippen MR) is 57.0 cm³/mol. The Labute approximate surface area is 90.7 Å². The van der Waals surface area contributed by atoms with Gasteiger partial charge in [0.15, 0.2) is 0 Å². The lowest BCUT2D eigenvalue weighted by atomic mass is 9.94. The molecule has 1 saturated carbocycles. The standard InChI is InChI=1S/C11H20N2O2/c14-10-3-1-9(2-4-10)13-12-7-5-11-6-8-15-11/h9-11,14H,1-8H2.